The fraction of sp³-hybridized carbons (Fsp3) is 0.667. The number of nitrogens with two attached hydrogens (primary N) is 2. The molecule has 140 valence electrons. The summed E-state index contributed by atoms with van der Waals surface area (Å²) in [4.78, 5) is 27.9. The van der Waals surface area contributed by atoms with Crippen molar-refractivity contribution in [2.45, 2.75) is 44.4 Å². The van der Waals surface area contributed by atoms with E-state index in [1.54, 1.807) is 13.8 Å². The molecule has 10 nitrogen and oxygen atoms in total. The summed E-state index contributed by atoms with van der Waals surface area (Å²) in [5.74, 6) is -0.687. The standard InChI is InChI=1S/C15H24N4O6/c1-7(2)10(17)14(21)25-11-8(6-20)24-13(12(11)23-3)19-5-4-9(16)18-15(19)22/h4-5,7-8,10-13,20H,6,17H2,1-3H3,(H2,16,18,22)/t8-,10+,11?,12?,13-/m1/s1. The van der Waals surface area contributed by atoms with Crippen LogP contribution in [0.2, 0.25) is 0 Å². The summed E-state index contributed by atoms with van der Waals surface area (Å²) in [5.41, 5.74) is 10.6. The Bertz CT molecular complexity index is 664. The molecular weight excluding hydrogens is 332 g/mol. The summed E-state index contributed by atoms with van der Waals surface area (Å²) in [6.07, 6.45) is -2.16. The van der Waals surface area contributed by atoms with Crippen LogP contribution in [0.4, 0.5) is 5.82 Å². The maximum atomic E-state index is 12.2. The number of rotatable bonds is 6. The number of carbonyl (C=O) groups excluding carboxylic acids is 1. The molecule has 5 atom stereocenters. The summed E-state index contributed by atoms with van der Waals surface area (Å²) >= 11 is 0. The summed E-state index contributed by atoms with van der Waals surface area (Å²) in [5, 5.41) is 9.56. The predicted molar refractivity (Wildman–Crippen MR) is 87.4 cm³/mol. The van der Waals surface area contributed by atoms with Crippen LogP contribution >= 0.6 is 0 Å². The first kappa shape index (κ1) is 19.3. The molecule has 0 aliphatic carbocycles. The van der Waals surface area contributed by atoms with Gasteiger partial charge < -0.3 is 30.8 Å². The van der Waals surface area contributed by atoms with Gasteiger partial charge in [-0.25, -0.2) is 4.79 Å². The second kappa shape index (κ2) is 7.91. The highest BCUT2D eigenvalue weighted by Crippen LogP contribution is 2.32. The van der Waals surface area contributed by atoms with E-state index in [1.165, 1.54) is 23.9 Å². The van der Waals surface area contributed by atoms with Gasteiger partial charge in [0.05, 0.1) is 6.61 Å². The molecule has 1 aliphatic heterocycles. The quantitative estimate of drug-likeness (QED) is 0.524. The number of aliphatic hydroxyl groups excluding tert-OH is 1. The topological polar surface area (TPSA) is 152 Å². The van der Waals surface area contributed by atoms with Gasteiger partial charge in [-0.05, 0) is 12.0 Å². The summed E-state index contributed by atoms with van der Waals surface area (Å²) in [6.45, 7) is 3.15. The van der Waals surface area contributed by atoms with Gasteiger partial charge in [0.1, 0.15) is 24.1 Å². The minimum Gasteiger partial charge on any atom is -0.455 e. The van der Waals surface area contributed by atoms with Crippen LogP contribution in [0.1, 0.15) is 20.1 Å². The third-order valence-electron chi connectivity index (χ3n) is 4.11. The zero-order valence-electron chi connectivity index (χ0n) is 14.4. The Morgan fingerprint density at radius 3 is 2.68 bits per heavy atom. The van der Waals surface area contributed by atoms with Crippen LogP contribution in [0, 0.1) is 5.92 Å². The maximum Gasteiger partial charge on any atom is 0.351 e. The molecule has 5 N–H and O–H groups in total. The first-order valence-corrected chi connectivity index (χ1v) is 7.90. The molecular formula is C15H24N4O6. The molecule has 2 rings (SSSR count). The lowest BCUT2D eigenvalue weighted by atomic mass is 10.1. The Balaban J connectivity index is 2.28. The lowest BCUT2D eigenvalue weighted by Gasteiger charge is -2.25. The number of hydrogen-bond acceptors (Lipinski definition) is 9. The van der Waals surface area contributed by atoms with E-state index in [0.29, 0.717) is 0 Å². The van der Waals surface area contributed by atoms with E-state index in [0.717, 1.165) is 0 Å². The highest BCUT2D eigenvalue weighted by molar-refractivity contribution is 5.76. The molecule has 0 saturated carbocycles. The molecule has 0 bridgehead atoms. The van der Waals surface area contributed by atoms with Gasteiger partial charge in [0, 0.05) is 13.3 Å². The van der Waals surface area contributed by atoms with Gasteiger partial charge in [0.15, 0.2) is 12.3 Å². The van der Waals surface area contributed by atoms with E-state index in [2.05, 4.69) is 4.98 Å². The molecule has 0 radical (unpaired) electrons. The zero-order chi connectivity index (χ0) is 18.7. The predicted octanol–water partition coefficient (Wildman–Crippen LogP) is -1.37. The summed E-state index contributed by atoms with van der Waals surface area (Å²) < 4.78 is 17.6. The number of esters is 1. The van der Waals surface area contributed by atoms with Gasteiger partial charge in [0.2, 0.25) is 0 Å². The van der Waals surface area contributed by atoms with Gasteiger partial charge in [-0.3, -0.25) is 9.36 Å². The van der Waals surface area contributed by atoms with E-state index in [4.69, 9.17) is 25.7 Å². The first-order chi connectivity index (χ1) is 11.8. The highest BCUT2D eigenvalue weighted by atomic mass is 16.6. The van der Waals surface area contributed by atoms with Gasteiger partial charge in [-0.2, -0.15) is 4.98 Å². The van der Waals surface area contributed by atoms with E-state index in [-0.39, 0.29) is 11.7 Å². The third-order valence-corrected chi connectivity index (χ3v) is 4.11. The average Bonchev–Trinajstić information content (AvgIpc) is 2.91. The van der Waals surface area contributed by atoms with E-state index in [1.807, 2.05) is 0 Å². The molecule has 2 heterocycles. The Morgan fingerprint density at radius 2 is 2.16 bits per heavy atom. The lowest BCUT2D eigenvalue weighted by molar-refractivity contribution is -0.160. The number of aliphatic hydroxyl groups is 1. The first-order valence-electron chi connectivity index (χ1n) is 7.90. The van der Waals surface area contributed by atoms with E-state index >= 15 is 0 Å². The number of methoxy groups -OCH3 is 1. The van der Waals surface area contributed by atoms with Crippen molar-refractivity contribution in [2.24, 2.45) is 11.7 Å². The molecule has 1 aromatic rings. The monoisotopic (exact) mass is 356 g/mol. The number of carbonyl (C=O) groups is 1. The molecule has 1 fully saturated rings. The highest BCUT2D eigenvalue weighted by Gasteiger charge is 2.49. The Labute approximate surface area is 144 Å². The normalized spacial score (nSPS) is 27.4. The molecule has 25 heavy (non-hydrogen) atoms. The fourth-order valence-electron chi connectivity index (χ4n) is 2.58. The van der Waals surface area contributed by atoms with Crippen LogP contribution in [0.15, 0.2) is 17.1 Å². The minimum absolute atomic E-state index is 0.0674. The smallest absolute Gasteiger partial charge is 0.351 e. The minimum atomic E-state index is -0.934. The molecule has 1 aliphatic rings. The van der Waals surface area contributed by atoms with Crippen molar-refractivity contribution in [3.05, 3.63) is 22.7 Å². The Kier molecular flexibility index (Phi) is 6.11. The number of hydrogen-bond donors (Lipinski definition) is 3. The van der Waals surface area contributed by atoms with Crippen molar-refractivity contribution < 1.29 is 24.1 Å². The van der Waals surface area contributed by atoms with E-state index < -0.39 is 48.8 Å². The average molecular weight is 356 g/mol. The maximum absolute atomic E-state index is 12.2. The molecule has 1 saturated heterocycles. The number of anilines is 1. The van der Waals surface area contributed by atoms with Crippen molar-refractivity contribution in [1.82, 2.24) is 9.55 Å². The Hall–Kier alpha value is -2.01. The number of nitrogens with zero attached hydrogens (tertiary/aromatic N) is 2. The third kappa shape index (κ3) is 3.98. The van der Waals surface area contributed by atoms with Crippen molar-refractivity contribution in [3.8, 4) is 0 Å². The molecule has 0 aromatic carbocycles. The number of aromatic nitrogens is 2. The molecule has 1 aromatic heterocycles. The Morgan fingerprint density at radius 1 is 1.48 bits per heavy atom. The SMILES string of the molecule is COC1C(OC(=O)[C@@H](N)C(C)C)[C@@H](CO)O[C@H]1n1ccc(N)nc1=O. The van der Waals surface area contributed by atoms with Crippen molar-refractivity contribution in [3.63, 3.8) is 0 Å². The molecule has 10 heteroatoms. The van der Waals surface area contributed by atoms with Crippen LogP contribution < -0.4 is 17.2 Å². The van der Waals surface area contributed by atoms with Gasteiger partial charge in [0.25, 0.3) is 0 Å². The van der Waals surface area contributed by atoms with Gasteiger partial charge in [-0.1, -0.05) is 13.8 Å². The molecule has 0 amide bonds. The van der Waals surface area contributed by atoms with Crippen molar-refractivity contribution in [2.75, 3.05) is 19.5 Å². The van der Waals surface area contributed by atoms with Crippen molar-refractivity contribution in [1.29, 1.82) is 0 Å². The van der Waals surface area contributed by atoms with E-state index in [9.17, 15) is 14.7 Å². The zero-order valence-corrected chi connectivity index (χ0v) is 14.4. The van der Waals surface area contributed by atoms with Crippen LogP contribution in [0.3, 0.4) is 0 Å². The molecule has 2 unspecified atom stereocenters. The van der Waals surface area contributed by atoms with Crippen LogP contribution in [0.25, 0.3) is 0 Å². The van der Waals surface area contributed by atoms with Gasteiger partial charge in [-0.15, -0.1) is 0 Å². The largest absolute Gasteiger partial charge is 0.455 e. The lowest BCUT2D eigenvalue weighted by Crippen LogP contribution is -2.45. The number of nitrogen functional groups attached to an aromatic ring is 1. The van der Waals surface area contributed by atoms with Crippen LogP contribution in [-0.4, -0.2) is 58.7 Å². The second-order valence-corrected chi connectivity index (χ2v) is 6.16. The summed E-state index contributed by atoms with van der Waals surface area (Å²) in [7, 11) is 1.39. The van der Waals surface area contributed by atoms with Crippen LogP contribution in [-0.2, 0) is 19.0 Å². The second-order valence-electron chi connectivity index (χ2n) is 6.16. The van der Waals surface area contributed by atoms with Gasteiger partial charge >= 0.3 is 11.7 Å². The summed E-state index contributed by atoms with van der Waals surface area (Å²) in [6, 6.07) is 0.608. The van der Waals surface area contributed by atoms with Crippen molar-refractivity contribution >= 4 is 11.8 Å². The number of ether oxygens (including phenoxy) is 3. The fourth-order valence-corrected chi connectivity index (χ4v) is 2.58. The molecule has 0 spiro atoms. The van der Waals surface area contributed by atoms with Crippen LogP contribution in [0.5, 0.6) is 0 Å².